The fraction of sp³-hybridized carbons (Fsp3) is 0.364. The second kappa shape index (κ2) is 6.55. The van der Waals surface area contributed by atoms with Gasteiger partial charge in [-0.3, -0.25) is 14.6 Å². The van der Waals surface area contributed by atoms with Crippen LogP contribution in [0.3, 0.4) is 0 Å². The van der Waals surface area contributed by atoms with Crippen LogP contribution in [-0.4, -0.2) is 35.6 Å². The Morgan fingerprint density at radius 2 is 2.17 bits per heavy atom. The average molecular weight is 253 g/mol. The van der Waals surface area contributed by atoms with Crippen molar-refractivity contribution in [3.63, 3.8) is 0 Å². The van der Waals surface area contributed by atoms with E-state index in [4.69, 9.17) is 4.74 Å². The molecule has 0 saturated carbocycles. The van der Waals surface area contributed by atoms with Gasteiger partial charge in [-0.05, 0) is 6.92 Å². The summed E-state index contributed by atoms with van der Waals surface area (Å²) < 4.78 is 5.17. The molecule has 1 aromatic rings. The minimum atomic E-state index is -0.716. The molecular weight excluding hydrogens is 238 g/mol. The van der Waals surface area contributed by atoms with Gasteiger partial charge in [0.05, 0.1) is 13.2 Å². The molecule has 1 rings (SSSR count). The molecule has 0 fully saturated rings. The topological polar surface area (TPSA) is 104 Å². The van der Waals surface area contributed by atoms with Crippen molar-refractivity contribution < 1.29 is 9.53 Å². The zero-order valence-electron chi connectivity index (χ0n) is 10.0. The number of ether oxygens (including phenoxy) is 1. The number of nitrogens with one attached hydrogen (secondary N) is 3. The molecule has 98 valence electrons. The summed E-state index contributed by atoms with van der Waals surface area (Å²) in [6, 6.07) is 1.02. The smallest absolute Gasteiger partial charge is 0.326 e. The molecule has 1 aromatic heterocycles. The van der Waals surface area contributed by atoms with Crippen LogP contribution in [0.25, 0.3) is 0 Å². The number of rotatable bonds is 6. The van der Waals surface area contributed by atoms with E-state index < -0.39 is 17.2 Å². The van der Waals surface area contributed by atoms with Crippen LogP contribution in [0, 0.1) is 0 Å². The summed E-state index contributed by atoms with van der Waals surface area (Å²) in [6.07, 6.45) is 0. The standard InChI is InChI=1S/C11H15N3O4/c1-7(2)6-18-4-3-12-10(16)8-5-9(15)14-11(17)13-8/h5H,1,3-4,6H2,2H3,(H,12,16)(H2,13,14,15,17). The van der Waals surface area contributed by atoms with Gasteiger partial charge in [0.1, 0.15) is 5.69 Å². The van der Waals surface area contributed by atoms with E-state index in [1.807, 2.05) is 11.9 Å². The van der Waals surface area contributed by atoms with Gasteiger partial charge in [0.2, 0.25) is 0 Å². The summed E-state index contributed by atoms with van der Waals surface area (Å²) >= 11 is 0. The Balaban J connectivity index is 2.43. The number of H-pyrrole nitrogens is 2. The third-order valence-electron chi connectivity index (χ3n) is 1.89. The lowest BCUT2D eigenvalue weighted by Gasteiger charge is -2.05. The highest BCUT2D eigenvalue weighted by atomic mass is 16.5. The second-order valence-corrected chi connectivity index (χ2v) is 3.77. The van der Waals surface area contributed by atoms with Crippen LogP contribution in [0.4, 0.5) is 0 Å². The molecule has 0 aliphatic carbocycles. The molecule has 1 heterocycles. The quantitative estimate of drug-likeness (QED) is 0.464. The largest absolute Gasteiger partial charge is 0.375 e. The Morgan fingerprint density at radius 1 is 1.44 bits per heavy atom. The Labute approximate surface area is 103 Å². The predicted molar refractivity (Wildman–Crippen MR) is 65.6 cm³/mol. The first-order valence-electron chi connectivity index (χ1n) is 5.33. The highest BCUT2D eigenvalue weighted by Gasteiger charge is 2.06. The van der Waals surface area contributed by atoms with E-state index in [0.29, 0.717) is 13.2 Å². The van der Waals surface area contributed by atoms with E-state index in [1.165, 1.54) is 0 Å². The van der Waals surface area contributed by atoms with Gasteiger partial charge in [0, 0.05) is 12.6 Å². The van der Waals surface area contributed by atoms with Gasteiger partial charge in [0.15, 0.2) is 0 Å². The number of carbonyl (C=O) groups is 1. The molecule has 0 radical (unpaired) electrons. The number of aromatic nitrogens is 2. The van der Waals surface area contributed by atoms with Crippen molar-refractivity contribution in [2.24, 2.45) is 0 Å². The number of carbonyl (C=O) groups excluding carboxylic acids is 1. The summed E-state index contributed by atoms with van der Waals surface area (Å²) in [5.41, 5.74) is -0.530. The van der Waals surface area contributed by atoms with Gasteiger partial charge >= 0.3 is 5.69 Å². The van der Waals surface area contributed by atoms with Gasteiger partial charge in [-0.2, -0.15) is 0 Å². The molecular formula is C11H15N3O4. The Morgan fingerprint density at radius 3 is 2.78 bits per heavy atom. The van der Waals surface area contributed by atoms with Crippen molar-refractivity contribution in [1.29, 1.82) is 0 Å². The van der Waals surface area contributed by atoms with Crippen LogP contribution < -0.4 is 16.6 Å². The van der Waals surface area contributed by atoms with Gasteiger partial charge in [-0.15, -0.1) is 0 Å². The molecule has 0 aromatic carbocycles. The predicted octanol–water partition coefficient (Wildman–Crippen LogP) is -0.614. The SMILES string of the molecule is C=C(C)COCCNC(=O)c1cc(=O)[nH]c(=O)[nH]1. The third-order valence-corrected chi connectivity index (χ3v) is 1.89. The maximum atomic E-state index is 11.5. The molecule has 3 N–H and O–H groups in total. The van der Waals surface area contributed by atoms with E-state index in [0.717, 1.165) is 11.6 Å². The minimum Gasteiger partial charge on any atom is -0.375 e. The molecule has 18 heavy (non-hydrogen) atoms. The first-order valence-corrected chi connectivity index (χ1v) is 5.33. The zero-order valence-corrected chi connectivity index (χ0v) is 10.0. The first kappa shape index (κ1) is 13.9. The van der Waals surface area contributed by atoms with Crippen molar-refractivity contribution >= 4 is 5.91 Å². The fourth-order valence-corrected chi connectivity index (χ4v) is 1.17. The van der Waals surface area contributed by atoms with Gasteiger partial charge in [-0.25, -0.2) is 4.79 Å². The van der Waals surface area contributed by atoms with Gasteiger partial charge in [-0.1, -0.05) is 12.2 Å². The van der Waals surface area contributed by atoms with Crippen molar-refractivity contribution in [3.8, 4) is 0 Å². The van der Waals surface area contributed by atoms with Gasteiger partial charge < -0.3 is 15.0 Å². The summed E-state index contributed by atoms with van der Waals surface area (Å²) in [7, 11) is 0. The monoisotopic (exact) mass is 253 g/mol. The van der Waals surface area contributed by atoms with Crippen molar-refractivity contribution in [2.45, 2.75) is 6.92 Å². The van der Waals surface area contributed by atoms with Crippen LogP contribution in [-0.2, 0) is 4.74 Å². The fourth-order valence-electron chi connectivity index (χ4n) is 1.17. The van der Waals surface area contributed by atoms with Crippen molar-refractivity contribution in [1.82, 2.24) is 15.3 Å². The lowest BCUT2D eigenvalue weighted by Crippen LogP contribution is -2.32. The molecule has 0 unspecified atom stereocenters. The molecule has 7 nitrogen and oxygen atoms in total. The molecule has 0 saturated heterocycles. The van der Waals surface area contributed by atoms with E-state index in [2.05, 4.69) is 16.9 Å². The first-order chi connectivity index (χ1) is 8.49. The van der Waals surface area contributed by atoms with Gasteiger partial charge in [0.25, 0.3) is 11.5 Å². The molecule has 0 atom stereocenters. The van der Waals surface area contributed by atoms with E-state index in [-0.39, 0.29) is 12.2 Å². The van der Waals surface area contributed by atoms with Crippen LogP contribution in [0.5, 0.6) is 0 Å². The van der Waals surface area contributed by atoms with Crippen molar-refractivity contribution in [3.05, 3.63) is 44.8 Å². The van der Waals surface area contributed by atoms with Crippen LogP contribution in [0.15, 0.2) is 27.8 Å². The number of amides is 1. The Hall–Kier alpha value is -2.15. The highest BCUT2D eigenvalue weighted by Crippen LogP contribution is 1.88. The number of aromatic amines is 2. The van der Waals surface area contributed by atoms with Crippen molar-refractivity contribution in [2.75, 3.05) is 19.8 Å². The molecule has 1 amide bonds. The second-order valence-electron chi connectivity index (χ2n) is 3.77. The van der Waals surface area contributed by atoms with E-state index >= 15 is 0 Å². The summed E-state index contributed by atoms with van der Waals surface area (Å²) in [4.78, 5) is 37.7. The minimum absolute atomic E-state index is 0.0800. The van der Waals surface area contributed by atoms with E-state index in [1.54, 1.807) is 0 Å². The molecule has 0 spiro atoms. The maximum absolute atomic E-state index is 11.5. The average Bonchev–Trinajstić information content (AvgIpc) is 2.26. The molecule has 7 heteroatoms. The molecule has 0 aliphatic heterocycles. The lowest BCUT2D eigenvalue weighted by molar-refractivity contribution is 0.0921. The number of hydrogen-bond acceptors (Lipinski definition) is 4. The number of hydrogen-bond donors (Lipinski definition) is 3. The summed E-state index contributed by atoms with van der Waals surface area (Å²) in [5.74, 6) is -0.530. The Kier molecular flexibility index (Phi) is 5.06. The maximum Gasteiger partial charge on any atom is 0.326 e. The normalized spacial score (nSPS) is 10.1. The highest BCUT2D eigenvalue weighted by molar-refractivity contribution is 5.91. The third kappa shape index (κ3) is 4.79. The van der Waals surface area contributed by atoms with E-state index in [9.17, 15) is 14.4 Å². The summed E-state index contributed by atoms with van der Waals surface area (Å²) in [6.45, 7) is 6.53. The molecule has 0 bridgehead atoms. The van der Waals surface area contributed by atoms with Crippen LogP contribution in [0.2, 0.25) is 0 Å². The molecule has 0 aliphatic rings. The Bertz CT molecular complexity index is 515. The van der Waals surface area contributed by atoms with Crippen LogP contribution >= 0.6 is 0 Å². The van der Waals surface area contributed by atoms with Crippen LogP contribution in [0.1, 0.15) is 17.4 Å². The lowest BCUT2D eigenvalue weighted by atomic mass is 10.4. The summed E-state index contributed by atoms with van der Waals surface area (Å²) in [5, 5.41) is 2.51. The zero-order chi connectivity index (χ0) is 13.5.